The highest BCUT2D eigenvalue weighted by Crippen LogP contribution is 2.23. The predicted molar refractivity (Wildman–Crippen MR) is 120 cm³/mol. The number of hydrazone groups is 1. The van der Waals surface area contributed by atoms with Crippen molar-refractivity contribution in [2.24, 2.45) is 5.10 Å². The number of amides is 1. The number of hydrogen-bond acceptors (Lipinski definition) is 4. The number of nitrogens with zero attached hydrogens (tertiary/aromatic N) is 2. The molecule has 2 aromatic carbocycles. The normalized spacial score (nSPS) is 11.0. The van der Waals surface area contributed by atoms with E-state index < -0.39 is 0 Å². The van der Waals surface area contributed by atoms with Crippen molar-refractivity contribution in [3.8, 4) is 11.4 Å². The van der Waals surface area contributed by atoms with Crippen molar-refractivity contribution in [1.82, 2.24) is 9.99 Å². The lowest BCUT2D eigenvalue weighted by Crippen LogP contribution is -2.19. The second-order valence-corrected chi connectivity index (χ2v) is 7.88. The molecule has 5 nitrogen and oxygen atoms in total. The third-order valence-corrected chi connectivity index (χ3v) is 5.62. The van der Waals surface area contributed by atoms with Crippen molar-refractivity contribution in [1.29, 1.82) is 0 Å². The second kappa shape index (κ2) is 9.67. The van der Waals surface area contributed by atoms with Crippen molar-refractivity contribution in [2.75, 3.05) is 12.9 Å². The van der Waals surface area contributed by atoms with Crippen LogP contribution in [0.25, 0.3) is 5.69 Å². The van der Waals surface area contributed by atoms with Crippen LogP contribution in [0.1, 0.15) is 17.0 Å². The van der Waals surface area contributed by atoms with Crippen LogP contribution in [-0.4, -0.2) is 29.6 Å². The zero-order chi connectivity index (χ0) is 20.8. The molecule has 1 amide bonds. The van der Waals surface area contributed by atoms with Crippen LogP contribution in [0.2, 0.25) is 5.02 Å². The quantitative estimate of drug-likeness (QED) is 0.328. The maximum absolute atomic E-state index is 12.0. The minimum absolute atomic E-state index is 0.164. The average Bonchev–Trinajstić information content (AvgIpc) is 3.01. The van der Waals surface area contributed by atoms with Gasteiger partial charge in [-0.15, -0.1) is 11.8 Å². The van der Waals surface area contributed by atoms with E-state index in [1.807, 2.05) is 56.3 Å². The third kappa shape index (κ3) is 5.43. The molecule has 0 bridgehead atoms. The Morgan fingerprint density at radius 3 is 2.69 bits per heavy atom. The van der Waals surface area contributed by atoms with Crippen LogP contribution < -0.4 is 10.2 Å². The van der Waals surface area contributed by atoms with Crippen LogP contribution in [0.15, 0.2) is 64.6 Å². The number of nitrogens with one attached hydrogen (secondary N) is 1. The molecule has 0 atom stereocenters. The van der Waals surface area contributed by atoms with Gasteiger partial charge in [0.2, 0.25) is 5.91 Å². The van der Waals surface area contributed by atoms with Crippen molar-refractivity contribution in [3.63, 3.8) is 0 Å². The topological polar surface area (TPSA) is 55.6 Å². The number of benzene rings is 2. The predicted octanol–water partition coefficient (Wildman–Crippen LogP) is 5.00. The van der Waals surface area contributed by atoms with E-state index in [9.17, 15) is 4.79 Å². The second-order valence-electron chi connectivity index (χ2n) is 6.40. The fourth-order valence-electron chi connectivity index (χ4n) is 2.95. The molecular weight excluding hydrogens is 406 g/mol. The number of thioether (sulfide) groups is 1. The van der Waals surface area contributed by atoms with Gasteiger partial charge in [-0.2, -0.15) is 5.10 Å². The summed E-state index contributed by atoms with van der Waals surface area (Å²) in [4.78, 5) is 13.0. The third-order valence-electron chi connectivity index (χ3n) is 4.36. The molecule has 0 aliphatic carbocycles. The Morgan fingerprint density at radius 2 is 1.97 bits per heavy atom. The van der Waals surface area contributed by atoms with Crippen molar-refractivity contribution in [2.45, 2.75) is 18.7 Å². The smallest absolute Gasteiger partial charge is 0.250 e. The Morgan fingerprint density at radius 1 is 1.21 bits per heavy atom. The number of aromatic nitrogens is 1. The lowest BCUT2D eigenvalue weighted by atomic mass is 10.2. The summed E-state index contributed by atoms with van der Waals surface area (Å²) in [5, 5.41) is 4.79. The number of ether oxygens (including phenoxy) is 1. The lowest BCUT2D eigenvalue weighted by Gasteiger charge is -2.11. The van der Waals surface area contributed by atoms with Crippen LogP contribution in [0, 0.1) is 13.8 Å². The van der Waals surface area contributed by atoms with Gasteiger partial charge in [0.15, 0.2) is 0 Å². The summed E-state index contributed by atoms with van der Waals surface area (Å²) in [6.45, 7) is 4.05. The van der Waals surface area contributed by atoms with Gasteiger partial charge in [-0.1, -0.05) is 17.7 Å². The number of methoxy groups -OCH3 is 1. The van der Waals surface area contributed by atoms with E-state index in [4.69, 9.17) is 16.3 Å². The zero-order valence-electron chi connectivity index (χ0n) is 16.5. The van der Waals surface area contributed by atoms with Gasteiger partial charge >= 0.3 is 0 Å². The van der Waals surface area contributed by atoms with Gasteiger partial charge in [0.05, 0.1) is 19.1 Å². The number of carbonyl (C=O) groups is 1. The number of halogens is 1. The maximum Gasteiger partial charge on any atom is 0.250 e. The Balaban J connectivity index is 1.63. The summed E-state index contributed by atoms with van der Waals surface area (Å²) in [7, 11) is 1.65. The molecule has 3 aromatic rings. The summed E-state index contributed by atoms with van der Waals surface area (Å²) in [6.07, 6.45) is 1.67. The molecule has 0 radical (unpaired) electrons. The molecule has 7 heteroatoms. The molecule has 0 spiro atoms. The maximum atomic E-state index is 12.0. The van der Waals surface area contributed by atoms with Gasteiger partial charge in [-0.3, -0.25) is 4.79 Å². The molecule has 0 aliphatic heterocycles. The zero-order valence-corrected chi connectivity index (χ0v) is 18.1. The molecule has 0 unspecified atom stereocenters. The number of hydrogen-bond donors (Lipinski definition) is 1. The van der Waals surface area contributed by atoms with Gasteiger partial charge in [-0.05, 0) is 56.3 Å². The summed E-state index contributed by atoms with van der Waals surface area (Å²) < 4.78 is 7.45. The van der Waals surface area contributed by atoms with E-state index >= 15 is 0 Å². The Bertz CT molecular complexity index is 1030. The molecule has 0 saturated carbocycles. The molecule has 29 heavy (non-hydrogen) atoms. The molecule has 1 heterocycles. The van der Waals surface area contributed by atoms with Gasteiger partial charge in [0.25, 0.3) is 0 Å². The molecule has 1 N–H and O–H groups in total. The van der Waals surface area contributed by atoms with E-state index in [0.717, 1.165) is 33.3 Å². The van der Waals surface area contributed by atoms with E-state index in [2.05, 4.69) is 15.1 Å². The van der Waals surface area contributed by atoms with E-state index in [1.54, 1.807) is 25.5 Å². The highest BCUT2D eigenvalue weighted by atomic mass is 35.5. The molecule has 3 rings (SSSR count). The average molecular weight is 428 g/mol. The highest BCUT2D eigenvalue weighted by molar-refractivity contribution is 8.00. The SMILES string of the molecule is COc1cccc(-n2c(C)cc(/C=N/NC(=O)CSc3ccc(Cl)cc3)c2C)c1. The first-order valence-electron chi connectivity index (χ1n) is 9.01. The molecular formula is C22H22ClN3O2S. The van der Waals surface area contributed by atoms with Gasteiger partial charge < -0.3 is 9.30 Å². The fraction of sp³-hybridized carbons (Fsp3) is 0.182. The lowest BCUT2D eigenvalue weighted by molar-refractivity contribution is -0.118. The summed E-state index contributed by atoms with van der Waals surface area (Å²) >= 11 is 7.30. The van der Waals surface area contributed by atoms with Crippen molar-refractivity contribution in [3.05, 3.63) is 76.6 Å². The van der Waals surface area contributed by atoms with Gasteiger partial charge in [0, 0.05) is 38.6 Å². The molecule has 150 valence electrons. The minimum Gasteiger partial charge on any atom is -0.497 e. The molecule has 1 aromatic heterocycles. The van der Waals surface area contributed by atoms with E-state index in [1.165, 1.54) is 11.8 Å². The number of carbonyl (C=O) groups excluding carboxylic acids is 1. The largest absolute Gasteiger partial charge is 0.497 e. The van der Waals surface area contributed by atoms with E-state index in [0.29, 0.717) is 5.02 Å². The standard InChI is InChI=1S/C22H22ClN3O2S/c1-15-11-17(16(2)26(15)19-5-4-6-20(12-19)28-3)13-24-25-22(27)14-29-21-9-7-18(23)8-10-21/h4-13H,14H2,1-3H3,(H,25,27)/b24-13+. The monoisotopic (exact) mass is 427 g/mol. The molecule has 0 aliphatic rings. The first-order chi connectivity index (χ1) is 14.0. The van der Waals surface area contributed by atoms with Crippen LogP contribution in [-0.2, 0) is 4.79 Å². The number of rotatable bonds is 7. The summed E-state index contributed by atoms with van der Waals surface area (Å²) in [5.74, 6) is 0.917. The van der Waals surface area contributed by atoms with Crippen molar-refractivity contribution >= 4 is 35.5 Å². The first-order valence-corrected chi connectivity index (χ1v) is 10.4. The van der Waals surface area contributed by atoms with Crippen LogP contribution in [0.3, 0.4) is 0 Å². The Kier molecular flexibility index (Phi) is 7.01. The highest BCUT2D eigenvalue weighted by Gasteiger charge is 2.10. The summed E-state index contributed by atoms with van der Waals surface area (Å²) in [5.41, 5.74) is 6.64. The van der Waals surface area contributed by atoms with E-state index in [-0.39, 0.29) is 11.7 Å². The first kappa shape index (κ1) is 21.0. The fourth-order valence-corrected chi connectivity index (χ4v) is 3.77. The van der Waals surface area contributed by atoms with Gasteiger partial charge in [-0.25, -0.2) is 5.43 Å². The van der Waals surface area contributed by atoms with Crippen LogP contribution in [0.4, 0.5) is 0 Å². The molecule has 0 fully saturated rings. The Hall–Kier alpha value is -2.70. The van der Waals surface area contributed by atoms with Crippen LogP contribution >= 0.6 is 23.4 Å². The Labute approximate surface area is 179 Å². The summed E-state index contributed by atoms with van der Waals surface area (Å²) in [6, 6.07) is 17.3. The van der Waals surface area contributed by atoms with Crippen LogP contribution in [0.5, 0.6) is 5.75 Å². The minimum atomic E-state index is -0.164. The number of aryl methyl sites for hydroxylation is 1. The van der Waals surface area contributed by atoms with Crippen molar-refractivity contribution < 1.29 is 9.53 Å². The van der Waals surface area contributed by atoms with Gasteiger partial charge in [0.1, 0.15) is 5.75 Å². The molecule has 0 saturated heterocycles.